The Kier molecular flexibility index (Phi) is 4.47. The lowest BCUT2D eigenvalue weighted by molar-refractivity contribution is -0.148. The average Bonchev–Trinajstić information content (AvgIpc) is 2.37. The van der Waals surface area contributed by atoms with Gasteiger partial charge in [0.05, 0.1) is 6.42 Å². The Morgan fingerprint density at radius 2 is 1.84 bits per heavy atom. The van der Waals surface area contributed by atoms with Crippen LogP contribution in [0.25, 0.3) is 0 Å². The number of aryl methyl sites for hydroxylation is 1. The SMILES string of the molecule is Cc1ccccc1[C@@H](CC(F)(F)F)N1CCNCC1. The normalized spacial score (nSPS) is 19.4. The lowest BCUT2D eigenvalue weighted by Crippen LogP contribution is -2.46. The van der Waals surface area contributed by atoms with Gasteiger partial charge in [0, 0.05) is 32.2 Å². The number of nitrogens with zero attached hydrogens (tertiary/aromatic N) is 1. The number of hydrogen-bond donors (Lipinski definition) is 1. The monoisotopic (exact) mass is 272 g/mol. The van der Waals surface area contributed by atoms with Crippen LogP contribution in [0, 0.1) is 6.92 Å². The highest BCUT2D eigenvalue weighted by Gasteiger charge is 2.36. The Morgan fingerprint density at radius 1 is 1.21 bits per heavy atom. The predicted molar refractivity (Wildman–Crippen MR) is 69.0 cm³/mol. The molecule has 106 valence electrons. The molecule has 0 radical (unpaired) electrons. The first-order chi connectivity index (χ1) is 8.97. The number of alkyl halides is 3. The van der Waals surface area contributed by atoms with Crippen LogP contribution in [0.2, 0.25) is 0 Å². The molecule has 1 saturated heterocycles. The minimum Gasteiger partial charge on any atom is -0.314 e. The van der Waals surface area contributed by atoms with E-state index in [-0.39, 0.29) is 0 Å². The van der Waals surface area contributed by atoms with Crippen molar-refractivity contribution in [3.05, 3.63) is 35.4 Å². The maximum atomic E-state index is 12.8. The molecule has 2 nitrogen and oxygen atoms in total. The number of halogens is 3. The third-order valence-corrected chi connectivity index (χ3v) is 3.56. The van der Waals surface area contributed by atoms with Crippen LogP contribution in [0.3, 0.4) is 0 Å². The van der Waals surface area contributed by atoms with E-state index in [0.29, 0.717) is 13.1 Å². The molecule has 0 spiro atoms. The van der Waals surface area contributed by atoms with Gasteiger partial charge in [-0.15, -0.1) is 0 Å². The molecule has 0 aromatic heterocycles. The van der Waals surface area contributed by atoms with Crippen molar-refractivity contribution in [3.63, 3.8) is 0 Å². The lowest BCUT2D eigenvalue weighted by atomic mass is 9.96. The summed E-state index contributed by atoms with van der Waals surface area (Å²) in [5, 5.41) is 3.18. The van der Waals surface area contributed by atoms with Crippen LogP contribution >= 0.6 is 0 Å². The number of hydrogen-bond acceptors (Lipinski definition) is 2. The van der Waals surface area contributed by atoms with Gasteiger partial charge in [-0.2, -0.15) is 13.2 Å². The topological polar surface area (TPSA) is 15.3 Å². The van der Waals surface area contributed by atoms with Crippen LogP contribution in [-0.4, -0.2) is 37.3 Å². The standard InChI is InChI=1S/C14H19F3N2/c1-11-4-2-3-5-12(11)13(10-14(15,16)17)19-8-6-18-7-9-19/h2-5,13,18H,6-10H2,1H3/t13-/m1/s1. The maximum absolute atomic E-state index is 12.8. The Hall–Kier alpha value is -1.07. The third kappa shape index (κ3) is 3.94. The molecule has 1 atom stereocenters. The van der Waals surface area contributed by atoms with Crippen LogP contribution in [-0.2, 0) is 0 Å². The van der Waals surface area contributed by atoms with Gasteiger partial charge in [0.2, 0.25) is 0 Å². The summed E-state index contributed by atoms with van der Waals surface area (Å²) in [7, 11) is 0. The zero-order chi connectivity index (χ0) is 13.9. The van der Waals surface area contributed by atoms with E-state index in [4.69, 9.17) is 0 Å². The third-order valence-electron chi connectivity index (χ3n) is 3.56. The number of benzene rings is 1. The molecular formula is C14H19F3N2. The second kappa shape index (κ2) is 5.92. The molecular weight excluding hydrogens is 253 g/mol. The van der Waals surface area contributed by atoms with E-state index >= 15 is 0 Å². The molecule has 1 aliphatic heterocycles. The molecule has 0 bridgehead atoms. The molecule has 0 aliphatic carbocycles. The van der Waals surface area contributed by atoms with Crippen LogP contribution in [0.5, 0.6) is 0 Å². The molecule has 2 rings (SSSR count). The van der Waals surface area contributed by atoms with Gasteiger partial charge in [-0.1, -0.05) is 24.3 Å². The van der Waals surface area contributed by atoms with Crippen molar-refractivity contribution in [3.8, 4) is 0 Å². The maximum Gasteiger partial charge on any atom is 0.390 e. The van der Waals surface area contributed by atoms with Crippen LogP contribution in [0.1, 0.15) is 23.6 Å². The average molecular weight is 272 g/mol. The summed E-state index contributed by atoms with van der Waals surface area (Å²) in [6, 6.07) is 6.80. The van der Waals surface area contributed by atoms with E-state index in [2.05, 4.69) is 5.32 Å². The first-order valence-corrected chi connectivity index (χ1v) is 6.54. The Bertz CT molecular complexity index is 411. The first-order valence-electron chi connectivity index (χ1n) is 6.54. The Balaban J connectivity index is 2.25. The quantitative estimate of drug-likeness (QED) is 0.910. The molecule has 1 N–H and O–H groups in total. The number of piperazine rings is 1. The van der Waals surface area contributed by atoms with Crippen molar-refractivity contribution >= 4 is 0 Å². The van der Waals surface area contributed by atoms with Crippen molar-refractivity contribution in [1.82, 2.24) is 10.2 Å². The van der Waals surface area contributed by atoms with E-state index in [1.165, 1.54) is 0 Å². The van der Waals surface area contributed by atoms with Gasteiger partial charge < -0.3 is 5.32 Å². The summed E-state index contributed by atoms with van der Waals surface area (Å²) in [6.07, 6.45) is -4.92. The van der Waals surface area contributed by atoms with Crippen LogP contribution in [0.4, 0.5) is 13.2 Å². The summed E-state index contributed by atoms with van der Waals surface area (Å²) in [5.74, 6) is 0. The van der Waals surface area contributed by atoms with Crippen molar-refractivity contribution in [2.45, 2.75) is 25.6 Å². The molecule has 0 saturated carbocycles. The van der Waals surface area contributed by atoms with Crippen LogP contribution in [0.15, 0.2) is 24.3 Å². The van der Waals surface area contributed by atoms with E-state index in [9.17, 15) is 13.2 Å². The van der Waals surface area contributed by atoms with Gasteiger partial charge in [-0.25, -0.2) is 0 Å². The molecule has 1 aromatic rings. The van der Waals surface area contributed by atoms with Crippen molar-refractivity contribution in [1.29, 1.82) is 0 Å². The highest BCUT2D eigenvalue weighted by molar-refractivity contribution is 5.29. The number of nitrogens with one attached hydrogen (secondary N) is 1. The fourth-order valence-corrected chi connectivity index (χ4v) is 2.61. The van der Waals surface area contributed by atoms with Gasteiger partial charge in [0.25, 0.3) is 0 Å². The minimum absolute atomic E-state index is 0.566. The smallest absolute Gasteiger partial charge is 0.314 e. The van der Waals surface area contributed by atoms with Gasteiger partial charge in [-0.05, 0) is 18.1 Å². The van der Waals surface area contributed by atoms with E-state index < -0.39 is 18.6 Å². The molecule has 0 amide bonds. The van der Waals surface area contributed by atoms with Gasteiger partial charge in [-0.3, -0.25) is 4.90 Å². The van der Waals surface area contributed by atoms with Crippen molar-refractivity contribution in [2.24, 2.45) is 0 Å². The summed E-state index contributed by atoms with van der Waals surface area (Å²) in [5.41, 5.74) is 1.72. The van der Waals surface area contributed by atoms with Crippen molar-refractivity contribution < 1.29 is 13.2 Å². The highest BCUT2D eigenvalue weighted by atomic mass is 19.4. The van der Waals surface area contributed by atoms with Gasteiger partial charge in [0.1, 0.15) is 0 Å². The van der Waals surface area contributed by atoms with Gasteiger partial charge in [0.15, 0.2) is 0 Å². The molecule has 1 aliphatic rings. The molecule has 1 heterocycles. The molecule has 1 aromatic carbocycles. The molecule has 19 heavy (non-hydrogen) atoms. The summed E-state index contributed by atoms with van der Waals surface area (Å²) >= 11 is 0. The fraction of sp³-hybridized carbons (Fsp3) is 0.571. The molecule has 5 heteroatoms. The Labute approximate surface area is 111 Å². The van der Waals surface area contributed by atoms with E-state index in [1.807, 2.05) is 36.1 Å². The van der Waals surface area contributed by atoms with E-state index in [0.717, 1.165) is 24.2 Å². The Morgan fingerprint density at radius 3 is 2.42 bits per heavy atom. The van der Waals surface area contributed by atoms with E-state index in [1.54, 1.807) is 0 Å². The molecule has 1 fully saturated rings. The first kappa shape index (κ1) is 14.3. The second-order valence-electron chi connectivity index (χ2n) is 4.98. The largest absolute Gasteiger partial charge is 0.390 e. The predicted octanol–water partition coefficient (Wildman–Crippen LogP) is 2.89. The van der Waals surface area contributed by atoms with Crippen molar-refractivity contribution in [2.75, 3.05) is 26.2 Å². The van der Waals surface area contributed by atoms with Gasteiger partial charge >= 0.3 is 6.18 Å². The zero-order valence-electron chi connectivity index (χ0n) is 11.0. The lowest BCUT2D eigenvalue weighted by Gasteiger charge is -2.36. The summed E-state index contributed by atoms with van der Waals surface area (Å²) in [6.45, 7) is 4.70. The highest BCUT2D eigenvalue weighted by Crippen LogP contribution is 2.35. The zero-order valence-corrected chi connectivity index (χ0v) is 11.0. The molecule has 0 unspecified atom stereocenters. The fourth-order valence-electron chi connectivity index (χ4n) is 2.61. The summed E-state index contributed by atoms with van der Waals surface area (Å²) in [4.78, 5) is 1.94. The summed E-state index contributed by atoms with van der Waals surface area (Å²) < 4.78 is 38.5. The number of rotatable bonds is 3. The minimum atomic E-state index is -4.14. The second-order valence-corrected chi connectivity index (χ2v) is 4.98. The van der Waals surface area contributed by atoms with Crippen LogP contribution < -0.4 is 5.32 Å².